The Morgan fingerprint density at radius 1 is 1.40 bits per heavy atom. The third-order valence-corrected chi connectivity index (χ3v) is 2.62. The molecule has 0 heterocycles. The second-order valence-corrected chi connectivity index (χ2v) is 4.99. The molecule has 2 amide bonds. The molecule has 0 radical (unpaired) electrons. The minimum atomic E-state index is -0.988. The molecule has 110 valence electrons. The lowest BCUT2D eigenvalue weighted by atomic mass is 10.2. The molecule has 7 heteroatoms. The average molecular weight is 300 g/mol. The number of benzene rings is 1. The molecule has 1 aromatic rings. The van der Waals surface area contributed by atoms with Gasteiger partial charge in [0.2, 0.25) is 11.8 Å². The predicted octanol–water partition coefficient (Wildman–Crippen LogP) is 1.27. The first kappa shape index (κ1) is 16.3. The molecular weight excluding hydrogens is 282 g/mol. The van der Waals surface area contributed by atoms with Gasteiger partial charge in [0.25, 0.3) is 0 Å². The van der Waals surface area contributed by atoms with E-state index in [-0.39, 0.29) is 12.5 Å². The van der Waals surface area contributed by atoms with Gasteiger partial charge in [-0.15, -0.1) is 0 Å². The molecule has 0 aliphatic carbocycles. The number of ether oxygens (including phenoxy) is 1. The van der Waals surface area contributed by atoms with Crippen molar-refractivity contribution >= 4 is 29.1 Å². The normalized spacial score (nSPS) is 12.1. The fourth-order valence-electron chi connectivity index (χ4n) is 1.47. The molecule has 20 heavy (non-hydrogen) atoms. The first-order chi connectivity index (χ1) is 9.29. The molecule has 1 atom stereocenters. The number of carbonyl (C=O) groups is 2. The molecule has 1 rings (SSSR count). The maximum atomic E-state index is 11.7. The van der Waals surface area contributed by atoms with Crippen LogP contribution in [0.4, 0.5) is 5.69 Å². The van der Waals surface area contributed by atoms with Crippen LogP contribution in [0, 0.1) is 0 Å². The molecule has 0 aromatic heterocycles. The van der Waals surface area contributed by atoms with Gasteiger partial charge >= 0.3 is 0 Å². The quantitative estimate of drug-likeness (QED) is 0.735. The van der Waals surface area contributed by atoms with Gasteiger partial charge in [-0.2, -0.15) is 0 Å². The van der Waals surface area contributed by atoms with E-state index in [2.05, 4.69) is 5.32 Å². The summed E-state index contributed by atoms with van der Waals surface area (Å²) in [4.78, 5) is 22.4. The summed E-state index contributed by atoms with van der Waals surface area (Å²) in [5.41, 5.74) is 11.0. The number of rotatable bonds is 6. The molecule has 0 fully saturated rings. The van der Waals surface area contributed by atoms with E-state index in [1.165, 1.54) is 0 Å². The third kappa shape index (κ3) is 5.07. The van der Waals surface area contributed by atoms with Crippen LogP contribution in [0.1, 0.15) is 20.3 Å². The first-order valence-corrected chi connectivity index (χ1v) is 6.48. The number of hydrogen-bond donors (Lipinski definition) is 3. The summed E-state index contributed by atoms with van der Waals surface area (Å²) in [5.74, 6) is -0.607. The van der Waals surface area contributed by atoms with Gasteiger partial charge in [0.15, 0.2) is 0 Å². The number of carbonyl (C=O) groups excluding carboxylic acids is 2. The van der Waals surface area contributed by atoms with Gasteiger partial charge in [0, 0.05) is 5.69 Å². The lowest BCUT2D eigenvalue weighted by Gasteiger charge is -2.14. The largest absolute Gasteiger partial charge is 0.489 e. The van der Waals surface area contributed by atoms with Crippen molar-refractivity contribution in [1.29, 1.82) is 0 Å². The Hall–Kier alpha value is -1.79. The number of anilines is 1. The maximum absolute atomic E-state index is 11.7. The van der Waals surface area contributed by atoms with Crippen LogP contribution >= 0.6 is 11.6 Å². The van der Waals surface area contributed by atoms with Crippen LogP contribution in [-0.4, -0.2) is 24.0 Å². The van der Waals surface area contributed by atoms with E-state index in [4.69, 9.17) is 27.8 Å². The molecule has 0 bridgehead atoms. The number of nitrogens with one attached hydrogen (secondary N) is 1. The van der Waals surface area contributed by atoms with Crippen LogP contribution in [-0.2, 0) is 9.59 Å². The summed E-state index contributed by atoms with van der Waals surface area (Å²) < 4.78 is 5.47. The highest BCUT2D eigenvalue weighted by Gasteiger charge is 2.16. The second kappa shape index (κ2) is 7.12. The smallest absolute Gasteiger partial charge is 0.241 e. The van der Waals surface area contributed by atoms with Crippen LogP contribution in [0.2, 0.25) is 5.02 Å². The van der Waals surface area contributed by atoms with E-state index >= 15 is 0 Å². The fourth-order valence-corrected chi connectivity index (χ4v) is 1.70. The molecule has 0 saturated carbocycles. The van der Waals surface area contributed by atoms with Crippen LogP contribution < -0.4 is 21.5 Å². The molecule has 1 aromatic carbocycles. The van der Waals surface area contributed by atoms with Gasteiger partial charge in [-0.3, -0.25) is 9.59 Å². The predicted molar refractivity (Wildman–Crippen MR) is 77.6 cm³/mol. The minimum absolute atomic E-state index is 0.00284. The number of halogens is 1. The number of nitrogens with two attached hydrogens (primary N) is 2. The Labute approximate surface area is 122 Å². The van der Waals surface area contributed by atoms with Crippen LogP contribution in [0.3, 0.4) is 0 Å². The molecule has 6 nitrogen and oxygen atoms in total. The van der Waals surface area contributed by atoms with E-state index in [1.807, 2.05) is 13.8 Å². The lowest BCUT2D eigenvalue weighted by molar-refractivity contribution is -0.123. The molecule has 1 unspecified atom stereocenters. The highest BCUT2D eigenvalue weighted by Crippen LogP contribution is 2.28. The van der Waals surface area contributed by atoms with Crippen molar-refractivity contribution in [3.05, 3.63) is 23.2 Å². The molecule has 0 aliphatic heterocycles. The average Bonchev–Trinajstić information content (AvgIpc) is 2.31. The number of hydrogen-bond acceptors (Lipinski definition) is 4. The monoisotopic (exact) mass is 299 g/mol. The van der Waals surface area contributed by atoms with Crippen molar-refractivity contribution in [3.63, 3.8) is 0 Å². The van der Waals surface area contributed by atoms with Gasteiger partial charge in [0.05, 0.1) is 23.6 Å². The fraction of sp³-hybridized carbons (Fsp3) is 0.385. The first-order valence-electron chi connectivity index (χ1n) is 6.10. The molecule has 0 aliphatic rings. The van der Waals surface area contributed by atoms with Crippen molar-refractivity contribution in [3.8, 4) is 5.75 Å². The summed E-state index contributed by atoms with van der Waals surface area (Å²) in [6.07, 6.45) is -0.217. The minimum Gasteiger partial charge on any atom is -0.489 e. The van der Waals surface area contributed by atoms with E-state index < -0.39 is 17.9 Å². The van der Waals surface area contributed by atoms with Crippen molar-refractivity contribution in [1.82, 2.24) is 0 Å². The van der Waals surface area contributed by atoms with Gasteiger partial charge in [0.1, 0.15) is 5.75 Å². The van der Waals surface area contributed by atoms with Crippen molar-refractivity contribution < 1.29 is 14.3 Å². The second-order valence-electron chi connectivity index (χ2n) is 4.58. The van der Waals surface area contributed by atoms with Crippen LogP contribution in [0.15, 0.2) is 18.2 Å². The standard InChI is InChI=1S/C13H18ClN3O3/c1-7(2)20-11-4-3-8(5-9(11)14)17-13(19)10(15)6-12(16)18/h3-5,7,10H,6,15H2,1-2H3,(H2,16,18)(H,17,19). The summed E-state index contributed by atoms with van der Waals surface area (Å²) in [6.45, 7) is 3.77. The SMILES string of the molecule is CC(C)Oc1ccc(NC(=O)C(N)CC(N)=O)cc1Cl. The Morgan fingerprint density at radius 3 is 2.55 bits per heavy atom. The maximum Gasteiger partial charge on any atom is 0.241 e. The van der Waals surface area contributed by atoms with E-state index in [1.54, 1.807) is 18.2 Å². The lowest BCUT2D eigenvalue weighted by Crippen LogP contribution is -2.38. The Bertz CT molecular complexity index is 506. The highest BCUT2D eigenvalue weighted by molar-refractivity contribution is 6.32. The van der Waals surface area contributed by atoms with Gasteiger partial charge < -0.3 is 21.5 Å². The summed E-state index contributed by atoms with van der Waals surface area (Å²) in [5, 5.41) is 2.93. The summed E-state index contributed by atoms with van der Waals surface area (Å²) in [7, 11) is 0. The number of amides is 2. The molecule has 0 spiro atoms. The number of primary amides is 1. The molecule has 0 saturated heterocycles. The van der Waals surface area contributed by atoms with E-state index in [0.29, 0.717) is 16.5 Å². The zero-order chi connectivity index (χ0) is 15.3. The van der Waals surface area contributed by atoms with E-state index in [9.17, 15) is 9.59 Å². The van der Waals surface area contributed by atoms with Crippen LogP contribution in [0.5, 0.6) is 5.75 Å². The Balaban J connectivity index is 2.71. The molecule has 5 N–H and O–H groups in total. The topological polar surface area (TPSA) is 107 Å². The van der Waals surface area contributed by atoms with Gasteiger partial charge in [-0.05, 0) is 32.0 Å². The Morgan fingerprint density at radius 2 is 2.05 bits per heavy atom. The zero-order valence-electron chi connectivity index (χ0n) is 11.4. The van der Waals surface area contributed by atoms with E-state index in [0.717, 1.165) is 0 Å². The summed E-state index contributed by atoms with van der Waals surface area (Å²) >= 11 is 6.04. The molecular formula is C13H18ClN3O3. The van der Waals surface area contributed by atoms with Crippen molar-refractivity contribution in [2.45, 2.75) is 32.4 Å². The van der Waals surface area contributed by atoms with Crippen LogP contribution in [0.25, 0.3) is 0 Å². The Kier molecular flexibility index (Phi) is 5.79. The zero-order valence-corrected chi connectivity index (χ0v) is 12.1. The highest BCUT2D eigenvalue weighted by atomic mass is 35.5. The van der Waals surface area contributed by atoms with Gasteiger partial charge in [-0.25, -0.2) is 0 Å². The van der Waals surface area contributed by atoms with Crippen molar-refractivity contribution in [2.24, 2.45) is 11.5 Å². The van der Waals surface area contributed by atoms with Gasteiger partial charge in [-0.1, -0.05) is 11.6 Å². The third-order valence-electron chi connectivity index (χ3n) is 2.32. The summed E-state index contributed by atoms with van der Waals surface area (Å²) in [6, 6.07) is 3.85. The van der Waals surface area contributed by atoms with Crippen molar-refractivity contribution in [2.75, 3.05) is 5.32 Å².